The van der Waals surface area contributed by atoms with Crippen molar-refractivity contribution in [1.82, 2.24) is 9.55 Å². The van der Waals surface area contributed by atoms with Gasteiger partial charge >= 0.3 is 0 Å². The molecular formula is C14H19N3O2. The normalized spacial score (nSPS) is 10.8. The van der Waals surface area contributed by atoms with Crippen LogP contribution >= 0.6 is 0 Å². The lowest BCUT2D eigenvalue weighted by Crippen LogP contribution is -2.09. The average Bonchev–Trinajstić information content (AvgIpc) is 2.87. The summed E-state index contributed by atoms with van der Waals surface area (Å²) < 4.78 is 12.4. The van der Waals surface area contributed by atoms with Crippen molar-refractivity contribution in [2.45, 2.75) is 6.54 Å². The van der Waals surface area contributed by atoms with E-state index in [9.17, 15) is 0 Å². The van der Waals surface area contributed by atoms with Crippen LogP contribution in [0.1, 0.15) is 0 Å². The van der Waals surface area contributed by atoms with Crippen LogP contribution in [-0.4, -0.2) is 36.5 Å². The van der Waals surface area contributed by atoms with Crippen LogP contribution < -0.4 is 5.73 Å². The minimum atomic E-state index is 0.610. The number of nitrogen functional groups attached to an aromatic ring is 1. The molecule has 2 rings (SSSR count). The van der Waals surface area contributed by atoms with Gasteiger partial charge in [0.15, 0.2) is 0 Å². The Bertz CT molecular complexity index is 511. The largest absolute Gasteiger partial charge is 0.399 e. The standard InChI is InChI=1S/C14H19N3O2/c1-18-9-10-19-8-7-17-6-5-16-14(17)12-3-2-4-13(15)11-12/h2-6,11H,7-10,15H2,1H3. The molecule has 0 bridgehead atoms. The summed E-state index contributed by atoms with van der Waals surface area (Å²) in [6.45, 7) is 2.62. The number of hydrogen-bond donors (Lipinski definition) is 1. The molecule has 0 aliphatic carbocycles. The Kier molecular flexibility index (Phi) is 4.94. The molecule has 0 aliphatic heterocycles. The summed E-state index contributed by atoms with van der Waals surface area (Å²) >= 11 is 0. The van der Waals surface area contributed by atoms with Gasteiger partial charge in [-0.25, -0.2) is 4.98 Å². The van der Waals surface area contributed by atoms with Gasteiger partial charge in [-0.1, -0.05) is 12.1 Å². The first kappa shape index (κ1) is 13.6. The summed E-state index contributed by atoms with van der Waals surface area (Å²) in [4.78, 5) is 4.37. The lowest BCUT2D eigenvalue weighted by Gasteiger charge is -2.09. The summed E-state index contributed by atoms with van der Waals surface area (Å²) in [6, 6.07) is 7.72. The highest BCUT2D eigenvalue weighted by atomic mass is 16.5. The summed E-state index contributed by atoms with van der Waals surface area (Å²) in [7, 11) is 1.66. The van der Waals surface area contributed by atoms with Crippen LogP contribution in [0.3, 0.4) is 0 Å². The molecule has 0 fully saturated rings. The second-order valence-corrected chi connectivity index (χ2v) is 4.17. The fourth-order valence-corrected chi connectivity index (χ4v) is 1.83. The summed E-state index contributed by atoms with van der Waals surface area (Å²) in [5.74, 6) is 0.905. The molecule has 0 unspecified atom stereocenters. The third-order valence-electron chi connectivity index (χ3n) is 2.77. The number of ether oxygens (including phenoxy) is 2. The van der Waals surface area contributed by atoms with Crippen molar-refractivity contribution in [3.8, 4) is 11.4 Å². The van der Waals surface area contributed by atoms with E-state index in [-0.39, 0.29) is 0 Å². The van der Waals surface area contributed by atoms with Gasteiger partial charge in [-0.15, -0.1) is 0 Å². The molecule has 1 heterocycles. The van der Waals surface area contributed by atoms with E-state index in [1.54, 1.807) is 13.3 Å². The van der Waals surface area contributed by atoms with E-state index in [0.29, 0.717) is 19.8 Å². The quantitative estimate of drug-likeness (QED) is 0.610. The van der Waals surface area contributed by atoms with Crippen LogP contribution in [0.4, 0.5) is 5.69 Å². The third kappa shape index (κ3) is 3.81. The highest BCUT2D eigenvalue weighted by molar-refractivity contribution is 5.61. The second kappa shape index (κ2) is 6.92. The molecule has 0 atom stereocenters. The molecule has 0 saturated carbocycles. The van der Waals surface area contributed by atoms with Gasteiger partial charge in [0, 0.05) is 37.3 Å². The first-order valence-corrected chi connectivity index (χ1v) is 6.25. The van der Waals surface area contributed by atoms with Crippen molar-refractivity contribution in [3.05, 3.63) is 36.7 Å². The number of hydrogen-bond acceptors (Lipinski definition) is 4. The number of aromatic nitrogens is 2. The van der Waals surface area contributed by atoms with Crippen LogP contribution in [-0.2, 0) is 16.0 Å². The van der Waals surface area contributed by atoms with E-state index in [2.05, 4.69) is 9.55 Å². The van der Waals surface area contributed by atoms with Crippen LogP contribution in [0.15, 0.2) is 36.7 Å². The number of anilines is 1. The van der Waals surface area contributed by atoms with Crippen molar-refractivity contribution in [3.63, 3.8) is 0 Å². The second-order valence-electron chi connectivity index (χ2n) is 4.17. The van der Waals surface area contributed by atoms with E-state index >= 15 is 0 Å². The van der Waals surface area contributed by atoms with Crippen molar-refractivity contribution in [1.29, 1.82) is 0 Å². The van der Waals surface area contributed by atoms with Crippen LogP contribution in [0.5, 0.6) is 0 Å². The molecule has 2 aromatic rings. The third-order valence-corrected chi connectivity index (χ3v) is 2.77. The highest BCUT2D eigenvalue weighted by Crippen LogP contribution is 2.19. The maximum atomic E-state index is 5.79. The predicted molar refractivity (Wildman–Crippen MR) is 74.8 cm³/mol. The van der Waals surface area contributed by atoms with E-state index in [1.165, 1.54) is 0 Å². The number of imidazole rings is 1. The monoisotopic (exact) mass is 261 g/mol. The van der Waals surface area contributed by atoms with Crippen LogP contribution in [0.25, 0.3) is 11.4 Å². The number of rotatable bonds is 7. The molecule has 5 heteroatoms. The lowest BCUT2D eigenvalue weighted by molar-refractivity contribution is 0.0667. The Hall–Kier alpha value is -1.85. The Morgan fingerprint density at radius 2 is 2.16 bits per heavy atom. The Labute approximate surface area is 113 Å². The Morgan fingerprint density at radius 3 is 2.95 bits per heavy atom. The zero-order valence-corrected chi connectivity index (χ0v) is 11.1. The smallest absolute Gasteiger partial charge is 0.140 e. The molecule has 0 amide bonds. The molecule has 1 aromatic carbocycles. The Morgan fingerprint density at radius 1 is 1.26 bits per heavy atom. The number of nitrogens with zero attached hydrogens (tertiary/aromatic N) is 2. The topological polar surface area (TPSA) is 62.3 Å². The van der Waals surface area contributed by atoms with Gasteiger partial charge in [-0.05, 0) is 12.1 Å². The fraction of sp³-hybridized carbons (Fsp3) is 0.357. The minimum Gasteiger partial charge on any atom is -0.399 e. The average molecular weight is 261 g/mol. The summed E-state index contributed by atoms with van der Waals surface area (Å²) in [5, 5.41) is 0. The van der Waals surface area contributed by atoms with Crippen molar-refractivity contribution in [2.75, 3.05) is 32.7 Å². The van der Waals surface area contributed by atoms with Gasteiger partial charge < -0.3 is 19.8 Å². The first-order valence-electron chi connectivity index (χ1n) is 6.25. The van der Waals surface area contributed by atoms with E-state index in [1.807, 2.05) is 30.5 Å². The number of methoxy groups -OCH3 is 1. The molecular weight excluding hydrogens is 242 g/mol. The fourth-order valence-electron chi connectivity index (χ4n) is 1.83. The van der Waals surface area contributed by atoms with Gasteiger partial charge in [0.05, 0.1) is 19.8 Å². The SMILES string of the molecule is COCCOCCn1ccnc1-c1cccc(N)c1. The molecule has 0 saturated heterocycles. The molecule has 5 nitrogen and oxygen atoms in total. The molecule has 19 heavy (non-hydrogen) atoms. The van der Waals surface area contributed by atoms with E-state index in [0.717, 1.165) is 23.6 Å². The van der Waals surface area contributed by atoms with Crippen LogP contribution in [0.2, 0.25) is 0 Å². The maximum absolute atomic E-state index is 5.79. The summed E-state index contributed by atoms with van der Waals surface area (Å²) in [6.07, 6.45) is 3.73. The Balaban J connectivity index is 1.98. The van der Waals surface area contributed by atoms with E-state index in [4.69, 9.17) is 15.2 Å². The van der Waals surface area contributed by atoms with Crippen molar-refractivity contribution >= 4 is 5.69 Å². The van der Waals surface area contributed by atoms with Crippen LogP contribution in [0, 0.1) is 0 Å². The predicted octanol–water partition coefficient (Wildman–Crippen LogP) is 1.80. The number of benzene rings is 1. The van der Waals surface area contributed by atoms with Gasteiger partial charge in [0.2, 0.25) is 0 Å². The maximum Gasteiger partial charge on any atom is 0.140 e. The zero-order chi connectivity index (χ0) is 13.5. The zero-order valence-electron chi connectivity index (χ0n) is 11.1. The highest BCUT2D eigenvalue weighted by Gasteiger charge is 2.05. The van der Waals surface area contributed by atoms with Gasteiger partial charge in [0.25, 0.3) is 0 Å². The lowest BCUT2D eigenvalue weighted by atomic mass is 10.2. The van der Waals surface area contributed by atoms with Gasteiger partial charge in [0.1, 0.15) is 5.82 Å². The summed E-state index contributed by atoms with van der Waals surface area (Å²) in [5.41, 5.74) is 7.55. The molecule has 0 aliphatic rings. The minimum absolute atomic E-state index is 0.610. The molecule has 0 radical (unpaired) electrons. The molecule has 0 spiro atoms. The number of nitrogens with two attached hydrogens (primary N) is 1. The first-order chi connectivity index (χ1) is 9.31. The molecule has 102 valence electrons. The van der Waals surface area contributed by atoms with Gasteiger partial charge in [-0.3, -0.25) is 0 Å². The van der Waals surface area contributed by atoms with Crippen molar-refractivity contribution < 1.29 is 9.47 Å². The van der Waals surface area contributed by atoms with Crippen molar-refractivity contribution in [2.24, 2.45) is 0 Å². The van der Waals surface area contributed by atoms with E-state index < -0.39 is 0 Å². The van der Waals surface area contributed by atoms with Gasteiger partial charge in [-0.2, -0.15) is 0 Å². The molecule has 2 N–H and O–H groups in total. The molecule has 1 aromatic heterocycles.